The average Bonchev–Trinajstić information content (AvgIpc) is 2.37. The molecule has 1 aromatic rings. The molecule has 0 aliphatic carbocycles. The van der Waals surface area contributed by atoms with Crippen LogP contribution in [0.4, 0.5) is 0 Å². The SMILES string of the molecule is Cc1ccc(Br)c2c1OCCNC2. The van der Waals surface area contributed by atoms with Crippen molar-refractivity contribution in [1.29, 1.82) is 0 Å². The molecule has 0 bridgehead atoms. The van der Waals surface area contributed by atoms with Gasteiger partial charge in [-0.15, -0.1) is 0 Å². The molecule has 1 N–H and O–H groups in total. The van der Waals surface area contributed by atoms with Crippen molar-refractivity contribution < 1.29 is 4.74 Å². The van der Waals surface area contributed by atoms with Crippen LogP contribution < -0.4 is 10.1 Å². The normalized spacial score (nSPS) is 15.8. The summed E-state index contributed by atoms with van der Waals surface area (Å²) in [5.41, 5.74) is 2.44. The number of benzene rings is 1. The molecule has 70 valence electrons. The molecule has 1 aromatic carbocycles. The van der Waals surface area contributed by atoms with Crippen molar-refractivity contribution in [3.05, 3.63) is 27.7 Å². The minimum Gasteiger partial charge on any atom is -0.492 e. The first-order chi connectivity index (χ1) is 6.29. The van der Waals surface area contributed by atoms with Crippen molar-refractivity contribution in [3.63, 3.8) is 0 Å². The third-order valence-electron chi connectivity index (χ3n) is 2.23. The van der Waals surface area contributed by atoms with Crippen molar-refractivity contribution in [1.82, 2.24) is 5.32 Å². The molecule has 0 unspecified atom stereocenters. The minimum atomic E-state index is 0.754. The lowest BCUT2D eigenvalue weighted by Crippen LogP contribution is -2.16. The van der Waals surface area contributed by atoms with Gasteiger partial charge in [0.25, 0.3) is 0 Å². The Bertz CT molecular complexity index is 294. The number of ether oxygens (including phenoxy) is 1. The van der Waals surface area contributed by atoms with Crippen molar-refractivity contribution in [2.75, 3.05) is 13.2 Å². The molecular weight excluding hydrogens is 230 g/mol. The Balaban J connectivity index is 2.50. The van der Waals surface area contributed by atoms with Crippen LogP contribution in [0.2, 0.25) is 0 Å². The van der Waals surface area contributed by atoms with E-state index in [1.165, 1.54) is 11.1 Å². The molecule has 13 heavy (non-hydrogen) atoms. The lowest BCUT2D eigenvalue weighted by molar-refractivity contribution is 0.323. The summed E-state index contributed by atoms with van der Waals surface area (Å²) in [6.45, 7) is 4.64. The Morgan fingerprint density at radius 1 is 1.46 bits per heavy atom. The van der Waals surface area contributed by atoms with E-state index in [4.69, 9.17) is 4.74 Å². The van der Waals surface area contributed by atoms with E-state index in [9.17, 15) is 0 Å². The zero-order chi connectivity index (χ0) is 9.26. The molecule has 2 nitrogen and oxygen atoms in total. The molecule has 2 rings (SSSR count). The van der Waals surface area contributed by atoms with Crippen LogP contribution in [0.25, 0.3) is 0 Å². The first kappa shape index (κ1) is 9.03. The predicted molar refractivity (Wildman–Crippen MR) is 56.1 cm³/mol. The number of fused-ring (bicyclic) bond motifs is 1. The molecule has 0 atom stereocenters. The van der Waals surface area contributed by atoms with Gasteiger partial charge in [-0.1, -0.05) is 22.0 Å². The highest BCUT2D eigenvalue weighted by molar-refractivity contribution is 9.10. The second-order valence-electron chi connectivity index (χ2n) is 3.20. The highest BCUT2D eigenvalue weighted by Crippen LogP contribution is 2.31. The van der Waals surface area contributed by atoms with E-state index >= 15 is 0 Å². The smallest absolute Gasteiger partial charge is 0.127 e. The number of aryl methyl sites for hydroxylation is 1. The average molecular weight is 242 g/mol. The van der Waals surface area contributed by atoms with Gasteiger partial charge in [0.15, 0.2) is 0 Å². The molecule has 0 saturated heterocycles. The fourth-order valence-corrected chi connectivity index (χ4v) is 1.98. The summed E-state index contributed by atoms with van der Waals surface area (Å²) in [6, 6.07) is 4.15. The van der Waals surface area contributed by atoms with E-state index in [2.05, 4.69) is 40.3 Å². The van der Waals surface area contributed by atoms with E-state index in [1.807, 2.05) is 0 Å². The molecule has 0 aromatic heterocycles. The van der Waals surface area contributed by atoms with Crippen LogP contribution in [0.3, 0.4) is 0 Å². The van der Waals surface area contributed by atoms with Gasteiger partial charge >= 0.3 is 0 Å². The van der Waals surface area contributed by atoms with Gasteiger partial charge in [0.1, 0.15) is 12.4 Å². The van der Waals surface area contributed by atoms with E-state index < -0.39 is 0 Å². The maximum atomic E-state index is 5.67. The summed E-state index contributed by atoms with van der Waals surface area (Å²) in [5, 5.41) is 3.32. The van der Waals surface area contributed by atoms with Crippen LogP contribution in [-0.4, -0.2) is 13.2 Å². The first-order valence-electron chi connectivity index (χ1n) is 4.40. The molecule has 0 amide bonds. The lowest BCUT2D eigenvalue weighted by atomic mass is 10.1. The van der Waals surface area contributed by atoms with Crippen LogP contribution in [0.15, 0.2) is 16.6 Å². The summed E-state index contributed by atoms with van der Waals surface area (Å²) < 4.78 is 6.79. The Labute approximate surface area is 86.4 Å². The Hall–Kier alpha value is -0.540. The first-order valence-corrected chi connectivity index (χ1v) is 5.20. The van der Waals surface area contributed by atoms with Gasteiger partial charge in [0, 0.05) is 23.1 Å². The fourth-order valence-electron chi connectivity index (χ4n) is 1.53. The number of hydrogen-bond acceptors (Lipinski definition) is 2. The minimum absolute atomic E-state index is 0.754. The zero-order valence-electron chi connectivity index (χ0n) is 7.56. The van der Waals surface area contributed by atoms with E-state index in [0.717, 1.165) is 29.9 Å². The molecule has 0 spiro atoms. The highest BCUT2D eigenvalue weighted by Gasteiger charge is 2.13. The number of nitrogens with one attached hydrogen (secondary N) is 1. The molecule has 1 aliphatic rings. The topological polar surface area (TPSA) is 21.3 Å². The Kier molecular flexibility index (Phi) is 2.56. The third-order valence-corrected chi connectivity index (χ3v) is 2.97. The van der Waals surface area contributed by atoms with Gasteiger partial charge in [-0.25, -0.2) is 0 Å². The van der Waals surface area contributed by atoms with Crippen molar-refractivity contribution in [2.45, 2.75) is 13.5 Å². The van der Waals surface area contributed by atoms with E-state index in [-0.39, 0.29) is 0 Å². The van der Waals surface area contributed by atoms with Gasteiger partial charge in [0.05, 0.1) is 0 Å². The van der Waals surface area contributed by atoms with Crippen LogP contribution in [-0.2, 0) is 6.54 Å². The molecule has 0 saturated carbocycles. The summed E-state index contributed by atoms with van der Waals surface area (Å²) in [5.74, 6) is 1.04. The van der Waals surface area contributed by atoms with Gasteiger partial charge in [-0.3, -0.25) is 0 Å². The molecular formula is C10H12BrNO. The van der Waals surface area contributed by atoms with Crippen LogP contribution in [0, 0.1) is 6.92 Å². The van der Waals surface area contributed by atoms with Crippen molar-refractivity contribution in [2.24, 2.45) is 0 Å². The van der Waals surface area contributed by atoms with Gasteiger partial charge in [-0.2, -0.15) is 0 Å². The van der Waals surface area contributed by atoms with Gasteiger partial charge in [0.2, 0.25) is 0 Å². The van der Waals surface area contributed by atoms with Crippen LogP contribution in [0.5, 0.6) is 5.75 Å². The zero-order valence-corrected chi connectivity index (χ0v) is 9.15. The van der Waals surface area contributed by atoms with Crippen molar-refractivity contribution >= 4 is 15.9 Å². The monoisotopic (exact) mass is 241 g/mol. The second kappa shape index (κ2) is 3.68. The standard InChI is InChI=1S/C10H12BrNO/c1-7-2-3-9(11)8-6-12-4-5-13-10(7)8/h2-3,12H,4-6H2,1H3. The summed E-state index contributed by atoms with van der Waals surface area (Å²) >= 11 is 3.53. The molecule has 0 fully saturated rings. The van der Waals surface area contributed by atoms with Crippen LogP contribution in [0.1, 0.15) is 11.1 Å². The predicted octanol–water partition coefficient (Wildman–Crippen LogP) is 2.24. The second-order valence-corrected chi connectivity index (χ2v) is 4.05. The molecule has 3 heteroatoms. The molecule has 1 heterocycles. The largest absolute Gasteiger partial charge is 0.492 e. The van der Waals surface area contributed by atoms with Gasteiger partial charge < -0.3 is 10.1 Å². The Morgan fingerprint density at radius 2 is 2.31 bits per heavy atom. The Morgan fingerprint density at radius 3 is 3.15 bits per heavy atom. The maximum Gasteiger partial charge on any atom is 0.127 e. The van der Waals surface area contributed by atoms with Crippen LogP contribution >= 0.6 is 15.9 Å². The number of halogens is 1. The summed E-state index contributed by atoms with van der Waals surface area (Å²) in [4.78, 5) is 0. The quantitative estimate of drug-likeness (QED) is 0.753. The van der Waals surface area contributed by atoms with Gasteiger partial charge in [-0.05, 0) is 18.6 Å². The fraction of sp³-hybridized carbons (Fsp3) is 0.400. The number of rotatable bonds is 0. The van der Waals surface area contributed by atoms with E-state index in [0.29, 0.717) is 0 Å². The summed E-state index contributed by atoms with van der Waals surface area (Å²) in [7, 11) is 0. The van der Waals surface area contributed by atoms with Crippen molar-refractivity contribution in [3.8, 4) is 5.75 Å². The third kappa shape index (κ3) is 1.71. The lowest BCUT2D eigenvalue weighted by Gasteiger charge is -2.10. The summed E-state index contributed by atoms with van der Waals surface area (Å²) in [6.07, 6.45) is 0. The molecule has 1 aliphatic heterocycles. The van der Waals surface area contributed by atoms with E-state index in [1.54, 1.807) is 0 Å². The number of hydrogen-bond donors (Lipinski definition) is 1. The highest BCUT2D eigenvalue weighted by atomic mass is 79.9. The maximum absolute atomic E-state index is 5.67. The molecule has 0 radical (unpaired) electrons.